The standard InChI is InChI=1S/C34H32N4O5/c1-4-41-27-19-17-24(18-20-27)21-42-34(40)37-33(35-22(2)28-16-10-14-25-11-8-9-15-29(25)28)36-32(39)30-23(3)43-38-31(30)26-12-6-5-7-13-26/h5-20,22H,4,21H2,1-3H3,(H2,35,36,37,39,40). The van der Waals surface area contributed by atoms with Crippen LogP contribution in [0.1, 0.15) is 47.1 Å². The van der Waals surface area contributed by atoms with Gasteiger partial charge in [0.05, 0.1) is 12.6 Å². The van der Waals surface area contributed by atoms with Crippen LogP contribution in [0.3, 0.4) is 0 Å². The minimum atomic E-state index is -0.775. The number of fused-ring (bicyclic) bond motifs is 1. The van der Waals surface area contributed by atoms with Crippen LogP contribution in [0, 0.1) is 6.92 Å². The average Bonchev–Trinajstić information content (AvgIpc) is 3.42. The van der Waals surface area contributed by atoms with Crippen LogP contribution in [-0.4, -0.2) is 29.7 Å². The van der Waals surface area contributed by atoms with Crippen LogP contribution in [0.5, 0.6) is 5.75 Å². The molecule has 1 aromatic heterocycles. The zero-order valence-corrected chi connectivity index (χ0v) is 24.2. The van der Waals surface area contributed by atoms with E-state index in [0.29, 0.717) is 18.1 Å². The van der Waals surface area contributed by atoms with Crippen LogP contribution < -0.4 is 15.4 Å². The Balaban J connectivity index is 1.40. The zero-order valence-electron chi connectivity index (χ0n) is 24.2. The lowest BCUT2D eigenvalue weighted by Crippen LogP contribution is -2.44. The lowest BCUT2D eigenvalue weighted by Gasteiger charge is -2.16. The largest absolute Gasteiger partial charge is 0.494 e. The van der Waals surface area contributed by atoms with Crippen molar-refractivity contribution in [2.24, 2.45) is 4.99 Å². The molecule has 4 aromatic carbocycles. The van der Waals surface area contributed by atoms with E-state index in [1.807, 2.05) is 111 Å². The van der Waals surface area contributed by atoms with Gasteiger partial charge >= 0.3 is 6.09 Å². The maximum Gasteiger partial charge on any atom is 0.414 e. The number of hydrogen-bond acceptors (Lipinski definition) is 7. The van der Waals surface area contributed by atoms with E-state index in [9.17, 15) is 9.59 Å². The van der Waals surface area contributed by atoms with Crippen molar-refractivity contribution in [1.82, 2.24) is 15.8 Å². The molecule has 1 atom stereocenters. The smallest absolute Gasteiger partial charge is 0.414 e. The second kappa shape index (κ2) is 13.5. The molecule has 0 saturated heterocycles. The number of guanidine groups is 1. The number of aliphatic imine (C=N–C) groups is 1. The maximum absolute atomic E-state index is 13.6. The van der Waals surface area contributed by atoms with Gasteiger partial charge in [0.2, 0.25) is 5.96 Å². The number of amides is 2. The van der Waals surface area contributed by atoms with Gasteiger partial charge in [0, 0.05) is 5.56 Å². The molecule has 2 N–H and O–H groups in total. The van der Waals surface area contributed by atoms with E-state index < -0.39 is 18.0 Å². The number of rotatable bonds is 8. The van der Waals surface area contributed by atoms with Crippen molar-refractivity contribution >= 4 is 28.7 Å². The lowest BCUT2D eigenvalue weighted by molar-refractivity contribution is 0.0974. The van der Waals surface area contributed by atoms with Crippen molar-refractivity contribution in [2.45, 2.75) is 33.4 Å². The highest BCUT2D eigenvalue weighted by atomic mass is 16.5. The van der Waals surface area contributed by atoms with Gasteiger partial charge in [-0.05, 0) is 54.8 Å². The number of aryl methyl sites for hydroxylation is 1. The van der Waals surface area contributed by atoms with Crippen LogP contribution >= 0.6 is 0 Å². The topological polar surface area (TPSA) is 115 Å². The van der Waals surface area contributed by atoms with Crippen LogP contribution in [0.15, 0.2) is 107 Å². The molecular formula is C34H32N4O5. The number of alkyl carbamates (subject to hydrolysis) is 1. The number of hydrogen-bond donors (Lipinski definition) is 2. The summed E-state index contributed by atoms with van der Waals surface area (Å²) in [4.78, 5) is 31.3. The Labute approximate surface area is 249 Å². The van der Waals surface area contributed by atoms with Crippen molar-refractivity contribution in [3.8, 4) is 17.0 Å². The first-order chi connectivity index (χ1) is 20.9. The van der Waals surface area contributed by atoms with Gasteiger partial charge in [-0.1, -0.05) is 90.1 Å². The van der Waals surface area contributed by atoms with Crippen LogP contribution in [0.2, 0.25) is 0 Å². The number of ether oxygens (including phenoxy) is 2. The molecule has 0 saturated carbocycles. The summed E-state index contributed by atoms with van der Waals surface area (Å²) in [6, 6.07) is 30.0. The molecule has 2 amide bonds. The fraction of sp³-hybridized carbons (Fsp3) is 0.176. The third-order valence-corrected chi connectivity index (χ3v) is 6.79. The average molecular weight is 577 g/mol. The van der Waals surface area contributed by atoms with E-state index >= 15 is 0 Å². The summed E-state index contributed by atoms with van der Waals surface area (Å²) < 4.78 is 16.3. The first-order valence-corrected chi connectivity index (χ1v) is 14.0. The summed E-state index contributed by atoms with van der Waals surface area (Å²) in [6.07, 6.45) is -0.775. The van der Waals surface area contributed by atoms with Gasteiger partial charge in [-0.15, -0.1) is 0 Å². The fourth-order valence-corrected chi connectivity index (χ4v) is 4.71. The molecule has 5 rings (SSSR count). The Hall–Kier alpha value is -5.44. The minimum absolute atomic E-state index is 0.0151. The molecule has 5 aromatic rings. The van der Waals surface area contributed by atoms with E-state index in [1.54, 1.807) is 6.92 Å². The van der Waals surface area contributed by atoms with Crippen molar-refractivity contribution in [3.63, 3.8) is 0 Å². The SMILES string of the molecule is CCOc1ccc(COC(=O)NC(=NC(C)c2cccc3ccccc23)NC(=O)c2c(-c3ccccc3)noc2C)cc1. The number of nitrogens with zero attached hydrogens (tertiary/aromatic N) is 2. The molecular weight excluding hydrogens is 544 g/mol. The second-order valence-corrected chi connectivity index (χ2v) is 9.78. The maximum atomic E-state index is 13.6. The number of benzene rings is 4. The van der Waals surface area contributed by atoms with Gasteiger partial charge in [0.1, 0.15) is 29.4 Å². The summed E-state index contributed by atoms with van der Waals surface area (Å²) in [5, 5.41) is 11.6. The number of carbonyl (C=O) groups excluding carboxylic acids is 2. The third kappa shape index (κ3) is 7.08. The van der Waals surface area contributed by atoms with Gasteiger partial charge in [0.15, 0.2) is 0 Å². The fourth-order valence-electron chi connectivity index (χ4n) is 4.71. The molecule has 0 aliphatic heterocycles. The molecule has 9 heteroatoms. The van der Waals surface area contributed by atoms with E-state index in [-0.39, 0.29) is 18.1 Å². The minimum Gasteiger partial charge on any atom is -0.494 e. The Morgan fingerprint density at radius 1 is 0.907 bits per heavy atom. The van der Waals surface area contributed by atoms with Gasteiger partial charge < -0.3 is 14.0 Å². The molecule has 1 heterocycles. The van der Waals surface area contributed by atoms with Crippen LogP contribution in [0.4, 0.5) is 4.79 Å². The number of aromatic nitrogens is 1. The molecule has 0 spiro atoms. The van der Waals surface area contributed by atoms with Crippen LogP contribution in [0.25, 0.3) is 22.0 Å². The second-order valence-electron chi connectivity index (χ2n) is 9.78. The van der Waals surface area contributed by atoms with Gasteiger partial charge in [-0.2, -0.15) is 0 Å². The molecule has 0 radical (unpaired) electrons. The molecule has 218 valence electrons. The molecule has 0 aliphatic carbocycles. The van der Waals surface area contributed by atoms with Crippen molar-refractivity contribution in [2.75, 3.05) is 6.61 Å². The highest BCUT2D eigenvalue weighted by Gasteiger charge is 2.24. The van der Waals surface area contributed by atoms with Crippen molar-refractivity contribution < 1.29 is 23.6 Å². The lowest BCUT2D eigenvalue weighted by atomic mass is 10.0. The third-order valence-electron chi connectivity index (χ3n) is 6.79. The van der Waals surface area contributed by atoms with Crippen LogP contribution in [-0.2, 0) is 11.3 Å². The van der Waals surface area contributed by atoms with Gasteiger partial charge in [-0.3, -0.25) is 15.4 Å². The Morgan fingerprint density at radius 2 is 1.63 bits per heavy atom. The van der Waals surface area contributed by atoms with Gasteiger partial charge in [0.25, 0.3) is 5.91 Å². The number of carbonyl (C=O) groups is 2. The van der Waals surface area contributed by atoms with E-state index in [4.69, 9.17) is 19.0 Å². The quantitative estimate of drug-likeness (QED) is 0.152. The Kier molecular flexibility index (Phi) is 9.11. The normalized spacial score (nSPS) is 12.0. The van der Waals surface area contributed by atoms with Crippen molar-refractivity contribution in [1.29, 1.82) is 0 Å². The molecule has 9 nitrogen and oxygen atoms in total. The highest BCUT2D eigenvalue weighted by Crippen LogP contribution is 2.27. The molecule has 43 heavy (non-hydrogen) atoms. The van der Waals surface area contributed by atoms with Crippen molar-refractivity contribution in [3.05, 3.63) is 120 Å². The molecule has 1 unspecified atom stereocenters. The molecule has 0 aliphatic rings. The zero-order chi connectivity index (χ0) is 30.2. The predicted octanol–water partition coefficient (Wildman–Crippen LogP) is 6.98. The highest BCUT2D eigenvalue weighted by molar-refractivity contribution is 6.11. The summed E-state index contributed by atoms with van der Waals surface area (Å²) in [7, 11) is 0. The summed E-state index contributed by atoms with van der Waals surface area (Å²) in [6.45, 7) is 6.03. The Morgan fingerprint density at radius 3 is 2.40 bits per heavy atom. The molecule has 0 bridgehead atoms. The number of nitrogens with one attached hydrogen (secondary N) is 2. The first-order valence-electron chi connectivity index (χ1n) is 14.0. The monoisotopic (exact) mass is 576 g/mol. The first kappa shape index (κ1) is 29.1. The summed E-state index contributed by atoms with van der Waals surface area (Å²) in [5.41, 5.74) is 3.05. The van der Waals surface area contributed by atoms with E-state index in [0.717, 1.165) is 33.2 Å². The molecule has 0 fully saturated rings. The van der Waals surface area contributed by atoms with E-state index in [2.05, 4.69) is 15.8 Å². The summed E-state index contributed by atoms with van der Waals surface area (Å²) in [5.74, 6) is 0.458. The van der Waals surface area contributed by atoms with Gasteiger partial charge in [-0.25, -0.2) is 9.79 Å². The Bertz CT molecular complexity index is 1740. The predicted molar refractivity (Wildman–Crippen MR) is 165 cm³/mol. The van der Waals surface area contributed by atoms with E-state index in [1.165, 1.54) is 0 Å². The summed E-state index contributed by atoms with van der Waals surface area (Å²) >= 11 is 0.